The summed E-state index contributed by atoms with van der Waals surface area (Å²) in [5.74, 6) is 0.00332. The molecule has 2 atom stereocenters. The van der Waals surface area contributed by atoms with E-state index in [1.54, 1.807) is 0 Å². The Bertz CT molecular complexity index is 572. The van der Waals surface area contributed by atoms with Crippen molar-refractivity contribution in [2.45, 2.75) is 44.8 Å². The van der Waals surface area contributed by atoms with E-state index in [1.165, 1.54) is 0 Å². The summed E-state index contributed by atoms with van der Waals surface area (Å²) < 4.78 is 6.01. The Labute approximate surface area is 131 Å². The van der Waals surface area contributed by atoms with Crippen molar-refractivity contribution in [2.24, 2.45) is 5.41 Å². The van der Waals surface area contributed by atoms with Gasteiger partial charge in [0.15, 0.2) is 0 Å². The van der Waals surface area contributed by atoms with Gasteiger partial charge < -0.3 is 9.64 Å². The van der Waals surface area contributed by atoms with Gasteiger partial charge in [0, 0.05) is 6.54 Å². The van der Waals surface area contributed by atoms with E-state index in [1.807, 2.05) is 42.2 Å². The second-order valence-corrected chi connectivity index (χ2v) is 6.46. The molecule has 0 aromatic heterocycles. The first-order chi connectivity index (χ1) is 10.6. The van der Waals surface area contributed by atoms with Crippen LogP contribution in [-0.4, -0.2) is 30.0 Å². The smallest absolute Gasteiger partial charge is 0.243 e. The van der Waals surface area contributed by atoms with Crippen LogP contribution in [0, 0.1) is 16.7 Å². The number of amides is 1. The first kappa shape index (κ1) is 15.1. The Morgan fingerprint density at radius 2 is 1.95 bits per heavy atom. The van der Waals surface area contributed by atoms with Crippen molar-refractivity contribution in [3.63, 3.8) is 0 Å². The number of benzene rings is 1. The molecule has 0 N–H and O–H groups in total. The van der Waals surface area contributed by atoms with Crippen LogP contribution in [0.2, 0.25) is 0 Å². The van der Waals surface area contributed by atoms with Gasteiger partial charge in [-0.05, 0) is 25.3 Å². The maximum absolute atomic E-state index is 12.9. The quantitative estimate of drug-likeness (QED) is 0.843. The first-order valence-electron chi connectivity index (χ1n) is 8.06. The van der Waals surface area contributed by atoms with Gasteiger partial charge in [0.1, 0.15) is 11.5 Å². The summed E-state index contributed by atoms with van der Waals surface area (Å²) in [7, 11) is 0. The summed E-state index contributed by atoms with van der Waals surface area (Å²) in [4.78, 5) is 14.8. The molecular weight excluding hydrogens is 276 g/mol. The Hall–Kier alpha value is -1.86. The molecule has 2 aliphatic rings. The van der Waals surface area contributed by atoms with E-state index in [-0.39, 0.29) is 18.1 Å². The lowest BCUT2D eigenvalue weighted by Crippen LogP contribution is -2.50. The molecule has 1 aliphatic heterocycles. The molecular formula is C18H22N2O2. The lowest BCUT2D eigenvalue weighted by molar-refractivity contribution is -0.152. The van der Waals surface area contributed by atoms with Gasteiger partial charge in [-0.15, -0.1) is 0 Å². The highest BCUT2D eigenvalue weighted by Gasteiger charge is 2.45. The van der Waals surface area contributed by atoms with Gasteiger partial charge >= 0.3 is 0 Å². The first-order valence-corrected chi connectivity index (χ1v) is 8.06. The Morgan fingerprint density at radius 3 is 2.59 bits per heavy atom. The third kappa shape index (κ3) is 2.74. The predicted molar refractivity (Wildman–Crippen MR) is 82.8 cm³/mol. The maximum Gasteiger partial charge on any atom is 0.243 e. The lowest BCUT2D eigenvalue weighted by Gasteiger charge is -2.39. The summed E-state index contributed by atoms with van der Waals surface area (Å²) in [6.07, 6.45) is 3.22. The molecule has 0 bridgehead atoms. The van der Waals surface area contributed by atoms with Crippen LogP contribution < -0.4 is 0 Å². The van der Waals surface area contributed by atoms with Crippen LogP contribution in [0.4, 0.5) is 0 Å². The average Bonchev–Trinajstić information content (AvgIpc) is 3.04. The van der Waals surface area contributed by atoms with Crippen molar-refractivity contribution >= 4 is 5.91 Å². The van der Waals surface area contributed by atoms with Crippen molar-refractivity contribution in [3.8, 4) is 6.07 Å². The Balaban J connectivity index is 1.79. The number of nitrogens with zero attached hydrogens (tertiary/aromatic N) is 2. The molecule has 0 radical (unpaired) electrons. The summed E-state index contributed by atoms with van der Waals surface area (Å²) in [5, 5.41) is 9.54. The maximum atomic E-state index is 12.9. The monoisotopic (exact) mass is 298 g/mol. The van der Waals surface area contributed by atoms with Crippen LogP contribution in [0.5, 0.6) is 0 Å². The van der Waals surface area contributed by atoms with Crippen molar-refractivity contribution in [1.29, 1.82) is 5.26 Å². The summed E-state index contributed by atoms with van der Waals surface area (Å²) in [6.45, 7) is 3.10. The third-order valence-corrected chi connectivity index (χ3v) is 4.80. The van der Waals surface area contributed by atoms with Gasteiger partial charge in [-0.25, -0.2) is 0 Å². The van der Waals surface area contributed by atoms with Crippen molar-refractivity contribution in [2.75, 3.05) is 13.1 Å². The third-order valence-electron chi connectivity index (χ3n) is 4.80. The molecule has 3 rings (SSSR count). The van der Waals surface area contributed by atoms with Crippen molar-refractivity contribution in [3.05, 3.63) is 35.9 Å². The van der Waals surface area contributed by atoms with Crippen molar-refractivity contribution in [1.82, 2.24) is 4.90 Å². The van der Waals surface area contributed by atoms with Crippen molar-refractivity contribution < 1.29 is 9.53 Å². The zero-order valence-corrected chi connectivity index (χ0v) is 13.0. The van der Waals surface area contributed by atoms with Gasteiger partial charge in [-0.2, -0.15) is 5.26 Å². The number of hydrogen-bond acceptors (Lipinski definition) is 3. The number of nitriles is 1. The summed E-state index contributed by atoms with van der Waals surface area (Å²) in [5.41, 5.74) is 0.294. The van der Waals surface area contributed by atoms with Crippen LogP contribution in [0.25, 0.3) is 0 Å². The number of carbonyl (C=O) groups excluding carboxylic acids is 1. The number of hydrogen-bond donors (Lipinski definition) is 0. The molecule has 4 heteroatoms. The second-order valence-electron chi connectivity index (χ2n) is 6.46. The lowest BCUT2D eigenvalue weighted by atomic mass is 9.86. The minimum Gasteiger partial charge on any atom is -0.367 e. The number of ether oxygens (including phenoxy) is 1. The molecule has 2 unspecified atom stereocenters. The standard InChI is InChI=1S/C18H22N2O2/c1-14-11-20(17(21)18(13-19)9-5-6-10-18)12-16(22-14)15-7-3-2-4-8-15/h2-4,7-8,14,16H,5-6,9-12H2,1H3. The number of morpholine rings is 1. The zero-order valence-electron chi connectivity index (χ0n) is 13.0. The highest BCUT2D eigenvalue weighted by atomic mass is 16.5. The van der Waals surface area contributed by atoms with Crippen LogP contribution in [0.15, 0.2) is 30.3 Å². The van der Waals surface area contributed by atoms with E-state index < -0.39 is 5.41 Å². The van der Waals surface area contributed by atoms with E-state index >= 15 is 0 Å². The molecule has 22 heavy (non-hydrogen) atoms. The largest absolute Gasteiger partial charge is 0.367 e. The number of carbonyl (C=O) groups is 1. The minimum absolute atomic E-state index is 0.00332. The Kier molecular flexibility index (Phi) is 4.17. The molecule has 1 aromatic rings. The fourth-order valence-corrected chi connectivity index (χ4v) is 3.62. The zero-order chi connectivity index (χ0) is 15.6. The molecule has 4 nitrogen and oxygen atoms in total. The Morgan fingerprint density at radius 1 is 1.27 bits per heavy atom. The van der Waals surface area contributed by atoms with Crippen LogP contribution in [-0.2, 0) is 9.53 Å². The minimum atomic E-state index is -0.793. The number of rotatable bonds is 2. The fourth-order valence-electron chi connectivity index (χ4n) is 3.62. The summed E-state index contributed by atoms with van der Waals surface area (Å²) >= 11 is 0. The molecule has 0 spiro atoms. The SMILES string of the molecule is CC1CN(C(=O)C2(C#N)CCCC2)CC(c2ccccc2)O1. The fraction of sp³-hybridized carbons (Fsp3) is 0.556. The van der Waals surface area contributed by atoms with E-state index in [0.717, 1.165) is 18.4 Å². The predicted octanol–water partition coefficient (Wildman–Crippen LogP) is 3.06. The van der Waals surface area contributed by atoms with E-state index in [2.05, 4.69) is 6.07 Å². The average molecular weight is 298 g/mol. The normalized spacial score (nSPS) is 27.4. The van der Waals surface area contributed by atoms with Gasteiger partial charge in [0.05, 0.1) is 18.7 Å². The second kappa shape index (κ2) is 6.10. The van der Waals surface area contributed by atoms with Gasteiger partial charge in [0.2, 0.25) is 5.91 Å². The highest BCUT2D eigenvalue weighted by Crippen LogP contribution is 2.40. The summed E-state index contributed by atoms with van der Waals surface area (Å²) in [6, 6.07) is 12.3. The van der Waals surface area contributed by atoms with Crippen LogP contribution in [0.1, 0.15) is 44.3 Å². The van der Waals surface area contributed by atoms with E-state index in [9.17, 15) is 10.1 Å². The molecule has 1 saturated heterocycles. The van der Waals surface area contributed by atoms with Gasteiger partial charge in [0.25, 0.3) is 0 Å². The molecule has 1 saturated carbocycles. The van der Waals surface area contributed by atoms with E-state index in [4.69, 9.17) is 4.74 Å². The van der Waals surface area contributed by atoms with Gasteiger partial charge in [-0.1, -0.05) is 43.2 Å². The molecule has 2 fully saturated rings. The topological polar surface area (TPSA) is 53.3 Å². The molecule has 1 aromatic carbocycles. The van der Waals surface area contributed by atoms with Gasteiger partial charge in [-0.3, -0.25) is 4.79 Å². The molecule has 116 valence electrons. The van der Waals surface area contributed by atoms with E-state index in [0.29, 0.717) is 25.9 Å². The molecule has 1 aliphatic carbocycles. The van der Waals surface area contributed by atoms with Crippen LogP contribution in [0.3, 0.4) is 0 Å². The highest BCUT2D eigenvalue weighted by molar-refractivity contribution is 5.86. The molecule has 1 heterocycles. The van der Waals surface area contributed by atoms with Crippen LogP contribution >= 0.6 is 0 Å². The molecule has 1 amide bonds.